The maximum Gasteiger partial charge on any atom is 0.241 e. The highest BCUT2D eigenvalue weighted by molar-refractivity contribution is 9.10. The van der Waals surface area contributed by atoms with Crippen LogP contribution in [0, 0.1) is 0 Å². The van der Waals surface area contributed by atoms with Crippen LogP contribution in [0.15, 0.2) is 33.6 Å². The molecule has 0 heterocycles. The maximum atomic E-state index is 12.8. The lowest BCUT2D eigenvalue weighted by atomic mass is 9.96. The molecule has 0 aromatic heterocycles. The Balaban J connectivity index is 2.06. The fourth-order valence-electron chi connectivity index (χ4n) is 3.25. The first-order valence-corrected chi connectivity index (χ1v) is 13.2. The van der Waals surface area contributed by atoms with E-state index in [4.69, 9.17) is 0 Å². The number of amides is 1. The Hall–Kier alpha value is -0.570. The van der Waals surface area contributed by atoms with Gasteiger partial charge in [-0.05, 0) is 55.5 Å². The van der Waals surface area contributed by atoms with Gasteiger partial charge in [-0.25, -0.2) is 8.42 Å². The van der Waals surface area contributed by atoms with E-state index in [-0.39, 0.29) is 16.8 Å². The summed E-state index contributed by atoms with van der Waals surface area (Å²) in [6.07, 6.45) is 10.3. The fourth-order valence-corrected chi connectivity index (χ4v) is 5.22. The number of carbonyl (C=O) groups is 1. The third kappa shape index (κ3) is 7.75. The molecule has 2 rings (SSSR count). The average molecular weight is 477 g/mol. The first-order chi connectivity index (χ1) is 12.9. The van der Waals surface area contributed by atoms with Gasteiger partial charge in [0.1, 0.15) is 6.04 Å². The zero-order chi connectivity index (χ0) is 19.7. The van der Waals surface area contributed by atoms with Crippen molar-refractivity contribution in [1.29, 1.82) is 0 Å². The molecule has 1 unspecified atom stereocenters. The van der Waals surface area contributed by atoms with E-state index < -0.39 is 16.1 Å². The lowest BCUT2D eigenvalue weighted by Crippen LogP contribution is -2.49. The van der Waals surface area contributed by atoms with Crippen LogP contribution in [0.4, 0.5) is 0 Å². The molecule has 1 atom stereocenters. The second-order valence-electron chi connectivity index (χ2n) is 6.96. The van der Waals surface area contributed by atoms with E-state index in [1.54, 1.807) is 23.9 Å². The standard InChI is InChI=1S/C19H29BrN2O3S2/c1-26-14-13-18(19(23)21-16-7-5-3-2-4-6-8-16)22-27(24,25)17-11-9-15(20)10-12-17/h9-12,16,18,22H,2-8,13-14H2,1H3,(H,21,23). The van der Waals surface area contributed by atoms with Gasteiger partial charge in [0.05, 0.1) is 4.90 Å². The van der Waals surface area contributed by atoms with Gasteiger partial charge in [0.2, 0.25) is 15.9 Å². The van der Waals surface area contributed by atoms with Gasteiger partial charge in [-0.2, -0.15) is 16.5 Å². The SMILES string of the molecule is CSCCC(NS(=O)(=O)c1ccc(Br)cc1)C(=O)NC1CCCCCCC1. The maximum absolute atomic E-state index is 12.8. The lowest BCUT2D eigenvalue weighted by molar-refractivity contribution is -0.123. The second-order valence-corrected chi connectivity index (χ2v) is 10.6. The minimum atomic E-state index is -3.75. The minimum absolute atomic E-state index is 0.145. The molecule has 1 aliphatic carbocycles. The highest BCUT2D eigenvalue weighted by Gasteiger charge is 2.27. The summed E-state index contributed by atoms with van der Waals surface area (Å²) in [5, 5.41) is 3.10. The Bertz CT molecular complexity index is 687. The Kier molecular flexibility index (Phi) is 9.62. The number of benzene rings is 1. The van der Waals surface area contributed by atoms with Gasteiger partial charge < -0.3 is 5.32 Å². The van der Waals surface area contributed by atoms with Crippen LogP contribution in [-0.2, 0) is 14.8 Å². The van der Waals surface area contributed by atoms with Crippen LogP contribution >= 0.6 is 27.7 Å². The second kappa shape index (κ2) is 11.4. The summed E-state index contributed by atoms with van der Waals surface area (Å²) >= 11 is 4.91. The number of rotatable bonds is 8. The van der Waals surface area contributed by atoms with Crippen LogP contribution in [0.5, 0.6) is 0 Å². The zero-order valence-corrected chi connectivity index (χ0v) is 19.0. The van der Waals surface area contributed by atoms with Crippen LogP contribution in [0.25, 0.3) is 0 Å². The predicted octanol–water partition coefficient (Wildman–Crippen LogP) is 4.08. The van der Waals surface area contributed by atoms with E-state index in [1.807, 2.05) is 6.26 Å². The average Bonchev–Trinajstić information content (AvgIpc) is 2.61. The van der Waals surface area contributed by atoms with Crippen molar-refractivity contribution in [3.8, 4) is 0 Å². The molecule has 8 heteroatoms. The topological polar surface area (TPSA) is 75.3 Å². The third-order valence-electron chi connectivity index (χ3n) is 4.80. The zero-order valence-electron chi connectivity index (χ0n) is 15.7. The van der Waals surface area contributed by atoms with Crippen molar-refractivity contribution in [2.24, 2.45) is 0 Å². The van der Waals surface area contributed by atoms with Crippen molar-refractivity contribution < 1.29 is 13.2 Å². The van der Waals surface area contributed by atoms with Crippen molar-refractivity contribution in [3.05, 3.63) is 28.7 Å². The molecule has 27 heavy (non-hydrogen) atoms. The third-order valence-corrected chi connectivity index (χ3v) is 7.46. The summed E-state index contributed by atoms with van der Waals surface area (Å²) < 4.78 is 28.8. The van der Waals surface area contributed by atoms with E-state index in [1.165, 1.54) is 31.4 Å². The molecule has 1 aromatic rings. The van der Waals surface area contributed by atoms with Crippen molar-refractivity contribution in [1.82, 2.24) is 10.0 Å². The highest BCUT2D eigenvalue weighted by atomic mass is 79.9. The summed E-state index contributed by atoms with van der Waals surface area (Å²) in [6, 6.07) is 5.82. The summed E-state index contributed by atoms with van der Waals surface area (Å²) in [6.45, 7) is 0. The summed E-state index contributed by atoms with van der Waals surface area (Å²) in [5.41, 5.74) is 0. The van der Waals surface area contributed by atoms with Crippen molar-refractivity contribution in [2.45, 2.75) is 68.3 Å². The number of sulfonamides is 1. The number of thioether (sulfide) groups is 1. The lowest BCUT2D eigenvalue weighted by Gasteiger charge is -2.24. The van der Waals surface area contributed by atoms with Gasteiger partial charge in [-0.15, -0.1) is 0 Å². The number of halogens is 1. The van der Waals surface area contributed by atoms with Gasteiger partial charge in [0, 0.05) is 10.5 Å². The van der Waals surface area contributed by atoms with Crippen molar-refractivity contribution in [2.75, 3.05) is 12.0 Å². The summed E-state index contributed by atoms with van der Waals surface area (Å²) in [7, 11) is -3.75. The normalized spacial score (nSPS) is 17.7. The molecule has 0 saturated heterocycles. The molecule has 1 fully saturated rings. The van der Waals surface area contributed by atoms with Crippen LogP contribution in [-0.4, -0.2) is 38.4 Å². The molecule has 1 saturated carbocycles. The number of nitrogens with one attached hydrogen (secondary N) is 2. The van der Waals surface area contributed by atoms with E-state index in [9.17, 15) is 13.2 Å². The molecule has 0 radical (unpaired) electrons. The van der Waals surface area contributed by atoms with E-state index in [0.717, 1.165) is 30.2 Å². The Morgan fingerprint density at radius 1 is 1.15 bits per heavy atom. The Morgan fingerprint density at radius 2 is 1.74 bits per heavy atom. The number of hydrogen-bond acceptors (Lipinski definition) is 4. The first-order valence-electron chi connectivity index (χ1n) is 9.49. The van der Waals surface area contributed by atoms with Crippen LogP contribution in [0.3, 0.4) is 0 Å². The minimum Gasteiger partial charge on any atom is -0.352 e. The van der Waals surface area contributed by atoms with Crippen LogP contribution < -0.4 is 10.0 Å². The van der Waals surface area contributed by atoms with Gasteiger partial charge in [-0.3, -0.25) is 4.79 Å². The Labute approximate surface area is 175 Å². The van der Waals surface area contributed by atoms with Gasteiger partial charge >= 0.3 is 0 Å². The molecule has 0 spiro atoms. The molecule has 1 aromatic carbocycles. The summed E-state index contributed by atoms with van der Waals surface area (Å²) in [5.74, 6) is 0.501. The van der Waals surface area contributed by atoms with Crippen molar-refractivity contribution >= 4 is 43.6 Å². The molecule has 1 aliphatic rings. The van der Waals surface area contributed by atoms with Crippen molar-refractivity contribution in [3.63, 3.8) is 0 Å². The van der Waals surface area contributed by atoms with E-state index in [2.05, 4.69) is 26.0 Å². The van der Waals surface area contributed by atoms with Crippen LogP contribution in [0.2, 0.25) is 0 Å². The summed E-state index contributed by atoms with van der Waals surface area (Å²) in [4.78, 5) is 13.0. The molecule has 5 nitrogen and oxygen atoms in total. The van der Waals surface area contributed by atoms with Crippen LogP contribution in [0.1, 0.15) is 51.4 Å². The Morgan fingerprint density at radius 3 is 2.33 bits per heavy atom. The van der Waals surface area contributed by atoms with Gasteiger partial charge in [0.25, 0.3) is 0 Å². The fraction of sp³-hybridized carbons (Fsp3) is 0.632. The molecule has 2 N–H and O–H groups in total. The van der Waals surface area contributed by atoms with E-state index in [0.29, 0.717) is 12.2 Å². The van der Waals surface area contributed by atoms with E-state index >= 15 is 0 Å². The van der Waals surface area contributed by atoms with Gasteiger partial charge in [-0.1, -0.05) is 48.0 Å². The molecule has 1 amide bonds. The molecule has 152 valence electrons. The largest absolute Gasteiger partial charge is 0.352 e. The monoisotopic (exact) mass is 476 g/mol. The molecule has 0 bridgehead atoms. The molecule has 0 aliphatic heterocycles. The smallest absolute Gasteiger partial charge is 0.241 e. The number of carbonyl (C=O) groups excluding carboxylic acids is 1. The molecular formula is C19H29BrN2O3S2. The first kappa shape index (κ1) is 22.7. The number of hydrogen-bond donors (Lipinski definition) is 2. The predicted molar refractivity (Wildman–Crippen MR) is 116 cm³/mol. The van der Waals surface area contributed by atoms with Gasteiger partial charge in [0.15, 0.2) is 0 Å². The molecular weight excluding hydrogens is 448 g/mol. The highest BCUT2D eigenvalue weighted by Crippen LogP contribution is 2.18. The quantitative estimate of drug-likeness (QED) is 0.592.